The first kappa shape index (κ1) is 12.1. The van der Waals surface area contributed by atoms with Crippen LogP contribution in [0.25, 0.3) is 0 Å². The van der Waals surface area contributed by atoms with Gasteiger partial charge < -0.3 is 14.8 Å². The van der Waals surface area contributed by atoms with E-state index in [0.29, 0.717) is 17.2 Å². The third-order valence-electron chi connectivity index (χ3n) is 2.10. The van der Waals surface area contributed by atoms with Crippen LogP contribution < -0.4 is 26.1 Å². The van der Waals surface area contributed by atoms with E-state index in [1.165, 1.54) is 7.11 Å². The van der Waals surface area contributed by atoms with Crippen molar-refractivity contribution in [3.05, 3.63) is 17.7 Å². The molecule has 6 heteroatoms. The van der Waals surface area contributed by atoms with Gasteiger partial charge in [-0.2, -0.15) is 0 Å². The van der Waals surface area contributed by atoms with Crippen molar-refractivity contribution in [2.24, 2.45) is 5.84 Å². The molecule has 0 aliphatic rings. The van der Waals surface area contributed by atoms with Crippen molar-refractivity contribution >= 4 is 11.7 Å². The zero-order valence-electron chi connectivity index (χ0n) is 9.46. The Morgan fingerprint density at radius 1 is 1.31 bits per heavy atom. The van der Waals surface area contributed by atoms with Crippen LogP contribution in [0.1, 0.15) is 5.56 Å². The number of hydrogen-bond donors (Lipinski definition) is 3. The molecule has 1 aromatic rings. The van der Waals surface area contributed by atoms with E-state index in [4.69, 9.17) is 15.3 Å². The molecule has 0 bridgehead atoms. The van der Waals surface area contributed by atoms with Gasteiger partial charge in [-0.25, -0.2) is 10.6 Å². The second-order valence-electron chi connectivity index (χ2n) is 3.12. The van der Waals surface area contributed by atoms with Crippen molar-refractivity contribution in [2.75, 3.05) is 19.5 Å². The van der Waals surface area contributed by atoms with Gasteiger partial charge in [-0.1, -0.05) is 0 Å². The van der Waals surface area contributed by atoms with E-state index in [1.54, 1.807) is 19.2 Å². The third kappa shape index (κ3) is 2.54. The van der Waals surface area contributed by atoms with Crippen LogP contribution in [0.3, 0.4) is 0 Å². The number of hydrazine groups is 1. The number of carbonyl (C=O) groups excluding carboxylic acids is 1. The van der Waals surface area contributed by atoms with E-state index in [9.17, 15) is 4.79 Å². The Kier molecular flexibility index (Phi) is 3.96. The molecular weight excluding hydrogens is 210 g/mol. The molecule has 0 atom stereocenters. The Morgan fingerprint density at radius 3 is 2.50 bits per heavy atom. The van der Waals surface area contributed by atoms with Crippen LogP contribution in [-0.2, 0) is 0 Å². The summed E-state index contributed by atoms with van der Waals surface area (Å²) in [5, 5.41) is 2.58. The quantitative estimate of drug-likeness (QED) is 0.407. The number of urea groups is 1. The molecule has 0 unspecified atom stereocenters. The van der Waals surface area contributed by atoms with Crippen LogP contribution >= 0.6 is 0 Å². The first-order valence-electron chi connectivity index (χ1n) is 4.62. The zero-order chi connectivity index (χ0) is 12.1. The molecule has 6 nitrogen and oxygen atoms in total. The minimum atomic E-state index is -0.508. The summed E-state index contributed by atoms with van der Waals surface area (Å²) >= 11 is 0. The van der Waals surface area contributed by atoms with Crippen molar-refractivity contribution in [1.82, 2.24) is 5.43 Å². The van der Waals surface area contributed by atoms with Crippen molar-refractivity contribution in [1.29, 1.82) is 0 Å². The first-order valence-corrected chi connectivity index (χ1v) is 4.62. The van der Waals surface area contributed by atoms with Crippen LogP contribution in [0.15, 0.2) is 12.1 Å². The number of carbonyl (C=O) groups is 1. The number of benzene rings is 1. The van der Waals surface area contributed by atoms with Gasteiger partial charge in [-0.05, 0) is 18.6 Å². The molecule has 0 aliphatic heterocycles. The molecule has 1 aromatic carbocycles. The second kappa shape index (κ2) is 5.22. The predicted molar refractivity (Wildman–Crippen MR) is 60.6 cm³/mol. The van der Waals surface area contributed by atoms with Crippen LogP contribution in [-0.4, -0.2) is 20.3 Å². The molecule has 0 aromatic heterocycles. The summed E-state index contributed by atoms with van der Waals surface area (Å²) < 4.78 is 10.2. The van der Waals surface area contributed by atoms with Gasteiger partial charge >= 0.3 is 6.03 Å². The van der Waals surface area contributed by atoms with Gasteiger partial charge in [0.05, 0.1) is 19.9 Å². The standard InChI is InChI=1S/C10H15N3O3/c1-6-4-7(15-2)5-8(16-3)9(6)12-10(14)13-11/h4-5H,11H2,1-3H3,(H2,12,13,14). The molecule has 0 heterocycles. The molecule has 0 saturated carbocycles. The number of rotatable bonds is 3. The minimum absolute atomic E-state index is 0.508. The maximum atomic E-state index is 11.1. The summed E-state index contributed by atoms with van der Waals surface area (Å²) in [5.41, 5.74) is 3.36. The van der Waals surface area contributed by atoms with Crippen molar-refractivity contribution in [2.45, 2.75) is 6.92 Å². The van der Waals surface area contributed by atoms with Gasteiger partial charge in [0.15, 0.2) is 0 Å². The molecule has 0 radical (unpaired) electrons. The summed E-state index contributed by atoms with van der Waals surface area (Å²) in [6, 6.07) is 2.96. The predicted octanol–water partition coefficient (Wildman–Crippen LogP) is 1.01. The van der Waals surface area contributed by atoms with Crippen LogP contribution in [0.5, 0.6) is 11.5 Å². The van der Waals surface area contributed by atoms with Gasteiger partial charge in [0.2, 0.25) is 0 Å². The summed E-state index contributed by atoms with van der Waals surface area (Å²) in [6.45, 7) is 1.83. The van der Waals surface area contributed by atoms with E-state index in [0.717, 1.165) is 5.56 Å². The van der Waals surface area contributed by atoms with E-state index >= 15 is 0 Å². The highest BCUT2D eigenvalue weighted by molar-refractivity contribution is 5.91. The van der Waals surface area contributed by atoms with E-state index in [-0.39, 0.29) is 0 Å². The lowest BCUT2D eigenvalue weighted by Gasteiger charge is -2.14. The average Bonchev–Trinajstić information content (AvgIpc) is 2.30. The maximum Gasteiger partial charge on any atom is 0.333 e. The average molecular weight is 225 g/mol. The molecule has 4 N–H and O–H groups in total. The zero-order valence-corrected chi connectivity index (χ0v) is 9.46. The summed E-state index contributed by atoms with van der Waals surface area (Å²) in [7, 11) is 3.08. The topological polar surface area (TPSA) is 85.6 Å². The van der Waals surface area contributed by atoms with E-state index < -0.39 is 6.03 Å². The Balaban J connectivity index is 3.11. The lowest BCUT2D eigenvalue weighted by molar-refractivity contribution is 0.252. The highest BCUT2D eigenvalue weighted by atomic mass is 16.5. The molecule has 0 saturated heterocycles. The Bertz CT molecular complexity index is 393. The van der Waals surface area contributed by atoms with Gasteiger partial charge in [0, 0.05) is 6.07 Å². The number of methoxy groups -OCH3 is 2. The number of ether oxygens (including phenoxy) is 2. The largest absolute Gasteiger partial charge is 0.497 e. The highest BCUT2D eigenvalue weighted by Crippen LogP contribution is 2.32. The fraction of sp³-hybridized carbons (Fsp3) is 0.300. The summed E-state index contributed by atoms with van der Waals surface area (Å²) in [5.74, 6) is 6.16. The van der Waals surface area contributed by atoms with E-state index in [1.807, 2.05) is 12.3 Å². The van der Waals surface area contributed by atoms with Crippen molar-refractivity contribution < 1.29 is 14.3 Å². The molecule has 88 valence electrons. The fourth-order valence-corrected chi connectivity index (χ4v) is 1.31. The molecule has 0 aliphatic carbocycles. The van der Waals surface area contributed by atoms with Crippen LogP contribution in [0.2, 0.25) is 0 Å². The number of hydrogen-bond acceptors (Lipinski definition) is 4. The fourth-order valence-electron chi connectivity index (χ4n) is 1.31. The molecule has 0 fully saturated rings. The number of nitrogens with two attached hydrogens (primary N) is 1. The molecule has 0 spiro atoms. The minimum Gasteiger partial charge on any atom is -0.497 e. The highest BCUT2D eigenvalue weighted by Gasteiger charge is 2.11. The SMILES string of the molecule is COc1cc(C)c(NC(=O)NN)c(OC)c1. The van der Waals surface area contributed by atoms with Gasteiger partial charge in [-0.3, -0.25) is 5.43 Å². The number of aryl methyl sites for hydroxylation is 1. The van der Waals surface area contributed by atoms with Crippen molar-refractivity contribution in [3.63, 3.8) is 0 Å². The molecule has 16 heavy (non-hydrogen) atoms. The van der Waals surface area contributed by atoms with Gasteiger partial charge in [0.1, 0.15) is 11.5 Å². The molecular formula is C10H15N3O3. The number of anilines is 1. The normalized spacial score (nSPS) is 9.50. The van der Waals surface area contributed by atoms with Gasteiger partial charge in [-0.15, -0.1) is 0 Å². The Hall–Kier alpha value is -1.95. The van der Waals surface area contributed by atoms with Gasteiger partial charge in [0.25, 0.3) is 0 Å². The summed E-state index contributed by atoms with van der Waals surface area (Å²) in [6.07, 6.45) is 0. The molecule has 1 rings (SSSR count). The second-order valence-corrected chi connectivity index (χ2v) is 3.12. The van der Waals surface area contributed by atoms with Crippen LogP contribution in [0.4, 0.5) is 10.5 Å². The summed E-state index contributed by atoms with van der Waals surface area (Å²) in [4.78, 5) is 11.1. The number of amides is 2. The lowest BCUT2D eigenvalue weighted by atomic mass is 10.1. The monoisotopic (exact) mass is 225 g/mol. The Morgan fingerprint density at radius 2 is 2.00 bits per heavy atom. The molecule has 2 amide bonds. The van der Waals surface area contributed by atoms with Crippen molar-refractivity contribution in [3.8, 4) is 11.5 Å². The number of nitrogens with one attached hydrogen (secondary N) is 2. The van der Waals surface area contributed by atoms with Crippen LogP contribution in [0, 0.1) is 6.92 Å². The Labute approximate surface area is 93.7 Å². The maximum absolute atomic E-state index is 11.1. The smallest absolute Gasteiger partial charge is 0.333 e. The lowest BCUT2D eigenvalue weighted by Crippen LogP contribution is -2.34. The van der Waals surface area contributed by atoms with E-state index in [2.05, 4.69) is 5.32 Å². The first-order chi connectivity index (χ1) is 7.62. The third-order valence-corrected chi connectivity index (χ3v) is 2.10.